The van der Waals surface area contributed by atoms with Gasteiger partial charge in [0.15, 0.2) is 5.82 Å². The summed E-state index contributed by atoms with van der Waals surface area (Å²) in [6.07, 6.45) is 1.83. The van der Waals surface area contributed by atoms with Gasteiger partial charge in [0.05, 0.1) is 0 Å². The molecule has 0 bridgehead atoms. The van der Waals surface area contributed by atoms with Crippen LogP contribution in [0.25, 0.3) is 0 Å². The summed E-state index contributed by atoms with van der Waals surface area (Å²) in [7, 11) is 0. The molecule has 0 aliphatic carbocycles. The minimum Gasteiger partial charge on any atom is -0.353 e. The second-order valence-corrected chi connectivity index (χ2v) is 4.82. The molecule has 2 aromatic rings. The second kappa shape index (κ2) is 5.73. The fourth-order valence-electron chi connectivity index (χ4n) is 2.55. The summed E-state index contributed by atoms with van der Waals surface area (Å²) < 4.78 is 0. The zero-order valence-corrected chi connectivity index (χ0v) is 11.5. The molecule has 2 heterocycles. The molecule has 0 radical (unpaired) electrons. The predicted octanol–water partition coefficient (Wildman–Crippen LogP) is 0.634. The third-order valence-electron chi connectivity index (χ3n) is 3.62. The van der Waals surface area contributed by atoms with Crippen molar-refractivity contribution in [3.63, 3.8) is 0 Å². The van der Waals surface area contributed by atoms with Gasteiger partial charge < -0.3 is 4.90 Å². The average Bonchev–Trinajstić information content (AvgIpc) is 2.77. The fraction of sp³-hybridized carbons (Fsp3) is 0.286. The van der Waals surface area contributed by atoms with E-state index in [0.29, 0.717) is 5.82 Å². The minimum atomic E-state index is 0.214. The van der Waals surface area contributed by atoms with Gasteiger partial charge in [-0.2, -0.15) is 10.2 Å². The van der Waals surface area contributed by atoms with Gasteiger partial charge in [-0.15, -0.1) is 10.2 Å². The molecule has 1 aromatic carbocycles. The van der Waals surface area contributed by atoms with Crippen molar-refractivity contribution in [2.45, 2.75) is 12.8 Å². The van der Waals surface area contributed by atoms with E-state index in [-0.39, 0.29) is 11.6 Å². The number of nitrogens with zero attached hydrogens (tertiary/aromatic N) is 5. The van der Waals surface area contributed by atoms with Crippen molar-refractivity contribution in [1.29, 1.82) is 5.26 Å². The van der Waals surface area contributed by atoms with Crippen LogP contribution in [0.15, 0.2) is 24.3 Å². The van der Waals surface area contributed by atoms with Crippen molar-refractivity contribution in [3.8, 4) is 6.07 Å². The molecule has 0 fully saturated rings. The Kier molecular flexibility index (Phi) is 3.62. The van der Waals surface area contributed by atoms with Crippen molar-refractivity contribution in [1.82, 2.24) is 15.2 Å². The lowest BCUT2D eigenvalue weighted by atomic mass is 10.0. The van der Waals surface area contributed by atoms with Crippen LogP contribution in [-0.2, 0) is 12.8 Å². The van der Waals surface area contributed by atoms with Crippen LogP contribution in [0.5, 0.6) is 0 Å². The molecule has 1 aliphatic heterocycles. The van der Waals surface area contributed by atoms with E-state index >= 15 is 0 Å². The van der Waals surface area contributed by atoms with Crippen LogP contribution in [0.3, 0.4) is 0 Å². The molecule has 3 N–H and O–H groups in total. The highest BCUT2D eigenvalue weighted by Gasteiger charge is 2.19. The highest BCUT2D eigenvalue weighted by Crippen LogP contribution is 2.21. The normalized spacial score (nSPS) is 14.0. The zero-order valence-electron chi connectivity index (χ0n) is 11.5. The molecule has 0 saturated heterocycles. The Labute approximate surface area is 122 Å². The molecule has 1 aliphatic rings. The summed E-state index contributed by atoms with van der Waals surface area (Å²) in [5.74, 6) is 6.07. The Morgan fingerprint density at radius 2 is 1.81 bits per heavy atom. The maximum absolute atomic E-state index is 9.19. The van der Waals surface area contributed by atoms with Crippen LogP contribution in [0.2, 0.25) is 0 Å². The minimum absolute atomic E-state index is 0.214. The standard InChI is InChI=1S/C14H15N7/c15-9-12-13(17-14(18-16)20-19-12)21-7-5-10-3-1-2-4-11(10)6-8-21/h1-4H,5-8,16H2,(H,17,18,20). The molecule has 1 aromatic heterocycles. The summed E-state index contributed by atoms with van der Waals surface area (Å²) in [6.45, 7) is 1.57. The lowest BCUT2D eigenvalue weighted by Gasteiger charge is -2.21. The van der Waals surface area contributed by atoms with Crippen LogP contribution in [0.4, 0.5) is 11.8 Å². The van der Waals surface area contributed by atoms with Crippen molar-refractivity contribution in [3.05, 3.63) is 41.1 Å². The maximum Gasteiger partial charge on any atom is 0.258 e. The van der Waals surface area contributed by atoms with Gasteiger partial charge >= 0.3 is 0 Å². The number of benzene rings is 1. The molecule has 0 unspecified atom stereocenters. The van der Waals surface area contributed by atoms with Crippen LogP contribution < -0.4 is 16.2 Å². The monoisotopic (exact) mass is 281 g/mol. The topological polar surface area (TPSA) is 104 Å². The third kappa shape index (κ3) is 2.61. The number of nitrogens with two attached hydrogens (primary N) is 1. The van der Waals surface area contributed by atoms with E-state index in [1.165, 1.54) is 11.1 Å². The van der Waals surface area contributed by atoms with Gasteiger partial charge in [0, 0.05) is 13.1 Å². The first-order chi connectivity index (χ1) is 10.3. The van der Waals surface area contributed by atoms with Gasteiger partial charge in [-0.25, -0.2) is 5.84 Å². The number of nitrogens with one attached hydrogen (secondary N) is 1. The van der Waals surface area contributed by atoms with Crippen LogP contribution >= 0.6 is 0 Å². The predicted molar refractivity (Wildman–Crippen MR) is 78.4 cm³/mol. The summed E-state index contributed by atoms with van der Waals surface area (Å²) in [6, 6.07) is 10.4. The Hall–Kier alpha value is -2.72. The van der Waals surface area contributed by atoms with Crippen LogP contribution in [-0.4, -0.2) is 28.3 Å². The molecule has 0 saturated carbocycles. The van der Waals surface area contributed by atoms with Gasteiger partial charge in [0.2, 0.25) is 5.69 Å². The second-order valence-electron chi connectivity index (χ2n) is 4.82. The first-order valence-electron chi connectivity index (χ1n) is 6.75. The lowest BCUT2D eigenvalue weighted by molar-refractivity contribution is 0.774. The Balaban J connectivity index is 1.91. The first kappa shape index (κ1) is 13.3. The van der Waals surface area contributed by atoms with E-state index in [1.54, 1.807) is 0 Å². The summed E-state index contributed by atoms with van der Waals surface area (Å²) in [4.78, 5) is 6.35. The third-order valence-corrected chi connectivity index (χ3v) is 3.62. The van der Waals surface area contributed by atoms with Crippen molar-refractivity contribution < 1.29 is 0 Å². The number of anilines is 2. The molecule has 3 rings (SSSR count). The number of hydrogen-bond donors (Lipinski definition) is 2. The smallest absolute Gasteiger partial charge is 0.258 e. The quantitative estimate of drug-likeness (QED) is 0.614. The Morgan fingerprint density at radius 1 is 1.14 bits per heavy atom. The summed E-state index contributed by atoms with van der Waals surface area (Å²) in [5, 5.41) is 16.8. The van der Waals surface area contributed by atoms with Crippen LogP contribution in [0.1, 0.15) is 16.8 Å². The number of aromatic nitrogens is 3. The van der Waals surface area contributed by atoms with Gasteiger partial charge in [-0.1, -0.05) is 24.3 Å². The fourth-order valence-corrected chi connectivity index (χ4v) is 2.55. The molecule has 21 heavy (non-hydrogen) atoms. The maximum atomic E-state index is 9.19. The van der Waals surface area contributed by atoms with Gasteiger partial charge in [-0.3, -0.25) is 5.43 Å². The zero-order chi connectivity index (χ0) is 14.7. The lowest BCUT2D eigenvalue weighted by Crippen LogP contribution is -2.29. The Morgan fingerprint density at radius 3 is 2.38 bits per heavy atom. The van der Waals surface area contributed by atoms with Crippen molar-refractivity contribution in [2.24, 2.45) is 5.84 Å². The van der Waals surface area contributed by atoms with Crippen LogP contribution in [0, 0.1) is 11.3 Å². The molecular weight excluding hydrogens is 266 g/mol. The van der Waals surface area contributed by atoms with E-state index in [2.05, 4.69) is 49.8 Å². The molecule has 7 heteroatoms. The summed E-state index contributed by atoms with van der Waals surface area (Å²) in [5.41, 5.74) is 5.28. The number of fused-ring (bicyclic) bond motifs is 1. The molecular formula is C14H15N7. The number of rotatable bonds is 2. The van der Waals surface area contributed by atoms with E-state index in [0.717, 1.165) is 25.9 Å². The highest BCUT2D eigenvalue weighted by molar-refractivity contribution is 5.52. The average molecular weight is 281 g/mol. The number of hydrogen-bond acceptors (Lipinski definition) is 7. The van der Waals surface area contributed by atoms with Gasteiger partial charge in [0.25, 0.3) is 5.95 Å². The Bertz CT molecular complexity index is 665. The van der Waals surface area contributed by atoms with Crippen molar-refractivity contribution >= 4 is 11.8 Å². The number of hydrazine groups is 1. The number of nitriles is 1. The van der Waals surface area contributed by atoms with Crippen molar-refractivity contribution in [2.75, 3.05) is 23.4 Å². The highest BCUT2D eigenvalue weighted by atomic mass is 15.4. The molecule has 0 atom stereocenters. The van der Waals surface area contributed by atoms with E-state index < -0.39 is 0 Å². The van der Waals surface area contributed by atoms with Gasteiger partial charge in [-0.05, 0) is 24.0 Å². The van der Waals surface area contributed by atoms with E-state index in [1.807, 2.05) is 6.07 Å². The first-order valence-corrected chi connectivity index (χ1v) is 6.75. The number of nitrogen functional groups attached to an aromatic ring is 1. The van der Waals surface area contributed by atoms with E-state index in [4.69, 9.17) is 5.84 Å². The van der Waals surface area contributed by atoms with Gasteiger partial charge in [0.1, 0.15) is 6.07 Å². The SMILES string of the molecule is N#Cc1nnc(NN)nc1N1CCc2ccccc2CC1. The molecule has 0 spiro atoms. The summed E-state index contributed by atoms with van der Waals surface area (Å²) >= 11 is 0. The molecule has 0 amide bonds. The largest absolute Gasteiger partial charge is 0.353 e. The molecule has 106 valence electrons. The molecule has 7 nitrogen and oxygen atoms in total. The van der Waals surface area contributed by atoms with E-state index in [9.17, 15) is 5.26 Å².